The summed E-state index contributed by atoms with van der Waals surface area (Å²) in [6.07, 6.45) is 0.500. The molecule has 0 saturated heterocycles. The van der Waals surface area contributed by atoms with Gasteiger partial charge in [-0.05, 0) is 40.0 Å². The third kappa shape index (κ3) is 4.18. The summed E-state index contributed by atoms with van der Waals surface area (Å²) in [6.45, 7) is 5.64. The maximum atomic E-state index is 13.3. The van der Waals surface area contributed by atoms with E-state index in [-0.39, 0.29) is 21.8 Å². The number of Topliss-reactive ketones (excluding diaryl/α,β-unsaturated/α-hetero) is 1. The van der Waals surface area contributed by atoms with Crippen LogP contribution in [-0.2, 0) is 11.2 Å². The molecule has 0 amide bonds. The van der Waals surface area contributed by atoms with E-state index in [4.69, 9.17) is 0 Å². The van der Waals surface area contributed by atoms with Gasteiger partial charge in [-0.3, -0.25) is 4.79 Å². The molecule has 1 nitrogen and oxygen atoms in total. The summed E-state index contributed by atoms with van der Waals surface area (Å²) in [5.41, 5.74) is 0.424. The topological polar surface area (TPSA) is 17.1 Å². The van der Waals surface area contributed by atoms with Crippen molar-refractivity contribution in [1.29, 1.82) is 0 Å². The molecular weight excluding hydrogens is 351 g/mol. The van der Waals surface area contributed by atoms with Crippen LogP contribution in [0.25, 0.3) is 0 Å². The van der Waals surface area contributed by atoms with Gasteiger partial charge in [0.05, 0.1) is 9.30 Å². The van der Waals surface area contributed by atoms with Crippen LogP contribution in [0.1, 0.15) is 26.3 Å². The Balaban J connectivity index is 2.78. The molecule has 1 aromatic rings. The van der Waals surface area contributed by atoms with E-state index in [0.29, 0.717) is 10.9 Å². The Morgan fingerprint density at radius 3 is 2.47 bits per heavy atom. The third-order valence-corrected chi connectivity index (χ3v) is 3.81. The Labute approximate surface area is 118 Å². The Kier molecular flexibility index (Phi) is 4.90. The molecule has 0 heterocycles. The first-order valence-electron chi connectivity index (χ1n) is 5.34. The highest BCUT2D eigenvalue weighted by molar-refractivity contribution is 9.10. The number of carbonyl (C=O) groups is 1. The lowest BCUT2D eigenvalue weighted by molar-refractivity contribution is -0.125. The molecule has 17 heavy (non-hydrogen) atoms. The highest BCUT2D eigenvalue weighted by Gasteiger charge is 2.27. The lowest BCUT2D eigenvalue weighted by Crippen LogP contribution is -2.30. The van der Waals surface area contributed by atoms with Crippen LogP contribution in [0.5, 0.6) is 0 Å². The molecule has 1 atom stereocenters. The molecule has 0 fully saturated rings. The van der Waals surface area contributed by atoms with Crippen molar-refractivity contribution in [3.05, 3.63) is 34.1 Å². The normalized spacial score (nSPS) is 13.5. The van der Waals surface area contributed by atoms with Crippen LogP contribution in [-0.4, -0.2) is 10.6 Å². The standard InChI is InChI=1S/C13H15Br2FO/c1-13(2,3)12(17)10(15)6-8-4-5-9(14)11(16)7-8/h4-5,7,10H,6H2,1-3H3. The molecule has 4 heteroatoms. The molecule has 0 saturated carbocycles. The van der Waals surface area contributed by atoms with E-state index < -0.39 is 0 Å². The van der Waals surface area contributed by atoms with E-state index in [1.165, 1.54) is 6.07 Å². The SMILES string of the molecule is CC(C)(C)C(=O)C(Br)Cc1ccc(Br)c(F)c1. The molecule has 0 aliphatic rings. The molecule has 0 aliphatic carbocycles. The zero-order valence-electron chi connectivity index (χ0n) is 10.1. The number of hydrogen-bond acceptors (Lipinski definition) is 1. The van der Waals surface area contributed by atoms with Crippen molar-refractivity contribution in [2.45, 2.75) is 32.0 Å². The summed E-state index contributed by atoms with van der Waals surface area (Å²) >= 11 is 6.48. The first-order valence-corrected chi connectivity index (χ1v) is 7.05. The second kappa shape index (κ2) is 5.61. The molecule has 0 spiro atoms. The number of rotatable bonds is 3. The van der Waals surface area contributed by atoms with Crippen molar-refractivity contribution < 1.29 is 9.18 Å². The number of benzene rings is 1. The summed E-state index contributed by atoms with van der Waals surface area (Å²) in [5, 5.41) is 0. The van der Waals surface area contributed by atoms with E-state index in [0.717, 1.165) is 5.56 Å². The molecule has 0 aliphatic heterocycles. The molecule has 0 N–H and O–H groups in total. The van der Waals surface area contributed by atoms with Gasteiger partial charge in [0.2, 0.25) is 0 Å². The molecule has 0 bridgehead atoms. The predicted molar refractivity (Wildman–Crippen MR) is 75.0 cm³/mol. The lowest BCUT2D eigenvalue weighted by Gasteiger charge is -2.20. The van der Waals surface area contributed by atoms with Crippen LogP contribution in [0.15, 0.2) is 22.7 Å². The number of carbonyl (C=O) groups excluding carboxylic acids is 1. The Bertz CT molecular complexity index is 424. The van der Waals surface area contributed by atoms with Crippen molar-refractivity contribution in [3.63, 3.8) is 0 Å². The minimum Gasteiger partial charge on any atom is -0.298 e. The first kappa shape index (κ1) is 14.8. The van der Waals surface area contributed by atoms with Crippen molar-refractivity contribution in [2.24, 2.45) is 5.41 Å². The monoisotopic (exact) mass is 364 g/mol. The van der Waals surface area contributed by atoms with Crippen LogP contribution in [0.3, 0.4) is 0 Å². The Hall–Kier alpha value is -0.220. The van der Waals surface area contributed by atoms with Gasteiger partial charge in [-0.1, -0.05) is 42.8 Å². The highest BCUT2D eigenvalue weighted by Crippen LogP contribution is 2.24. The van der Waals surface area contributed by atoms with E-state index in [2.05, 4.69) is 31.9 Å². The fraction of sp³-hybridized carbons (Fsp3) is 0.462. The second-order valence-electron chi connectivity index (χ2n) is 5.03. The van der Waals surface area contributed by atoms with Crippen molar-refractivity contribution in [1.82, 2.24) is 0 Å². The van der Waals surface area contributed by atoms with Gasteiger partial charge in [0.25, 0.3) is 0 Å². The zero-order valence-corrected chi connectivity index (χ0v) is 13.2. The first-order chi connectivity index (χ1) is 7.71. The minimum atomic E-state index is -0.387. The smallest absolute Gasteiger partial charge is 0.152 e. The predicted octanol–water partition coefficient (Wildman–Crippen LogP) is 4.51. The van der Waals surface area contributed by atoms with Gasteiger partial charge in [0, 0.05) is 5.41 Å². The zero-order chi connectivity index (χ0) is 13.2. The maximum Gasteiger partial charge on any atom is 0.152 e. The van der Waals surface area contributed by atoms with Gasteiger partial charge in [0.15, 0.2) is 5.78 Å². The van der Waals surface area contributed by atoms with Gasteiger partial charge in [-0.15, -0.1) is 0 Å². The van der Waals surface area contributed by atoms with Gasteiger partial charge in [-0.25, -0.2) is 4.39 Å². The second-order valence-corrected chi connectivity index (χ2v) is 6.99. The average molecular weight is 366 g/mol. The van der Waals surface area contributed by atoms with Crippen LogP contribution < -0.4 is 0 Å². The van der Waals surface area contributed by atoms with Crippen LogP contribution in [0.4, 0.5) is 4.39 Å². The largest absolute Gasteiger partial charge is 0.298 e. The quantitative estimate of drug-likeness (QED) is 0.720. The number of halogens is 3. The van der Waals surface area contributed by atoms with Gasteiger partial charge in [0.1, 0.15) is 5.82 Å². The number of ketones is 1. The Morgan fingerprint density at radius 2 is 2.00 bits per heavy atom. The molecule has 1 aromatic carbocycles. The van der Waals surface area contributed by atoms with Gasteiger partial charge >= 0.3 is 0 Å². The highest BCUT2D eigenvalue weighted by atomic mass is 79.9. The number of hydrogen-bond donors (Lipinski definition) is 0. The molecule has 1 rings (SSSR count). The van der Waals surface area contributed by atoms with E-state index >= 15 is 0 Å². The van der Waals surface area contributed by atoms with Crippen molar-refractivity contribution in [3.8, 4) is 0 Å². The molecule has 0 radical (unpaired) electrons. The van der Waals surface area contributed by atoms with E-state index in [1.807, 2.05) is 26.8 Å². The molecule has 1 unspecified atom stereocenters. The summed E-state index contributed by atoms with van der Waals surface area (Å²) in [4.78, 5) is 11.7. The Morgan fingerprint density at radius 1 is 1.41 bits per heavy atom. The van der Waals surface area contributed by atoms with Gasteiger partial charge < -0.3 is 0 Å². The molecular formula is C13H15Br2FO. The van der Waals surface area contributed by atoms with Crippen molar-refractivity contribution >= 4 is 37.6 Å². The minimum absolute atomic E-state index is 0.126. The number of alkyl halides is 1. The van der Waals surface area contributed by atoms with E-state index in [9.17, 15) is 9.18 Å². The summed E-state index contributed by atoms with van der Waals surface area (Å²) in [6, 6.07) is 4.93. The fourth-order valence-electron chi connectivity index (χ4n) is 1.44. The lowest BCUT2D eigenvalue weighted by atomic mass is 9.87. The summed E-state index contributed by atoms with van der Waals surface area (Å²) < 4.78 is 13.8. The molecule has 94 valence electrons. The molecule has 0 aromatic heterocycles. The summed E-state index contributed by atoms with van der Waals surface area (Å²) in [5.74, 6) is -0.175. The van der Waals surface area contributed by atoms with Crippen LogP contribution >= 0.6 is 31.9 Å². The van der Waals surface area contributed by atoms with Gasteiger partial charge in [-0.2, -0.15) is 0 Å². The van der Waals surface area contributed by atoms with Crippen molar-refractivity contribution in [2.75, 3.05) is 0 Å². The average Bonchev–Trinajstić information content (AvgIpc) is 2.21. The maximum absolute atomic E-state index is 13.3. The van der Waals surface area contributed by atoms with Crippen LogP contribution in [0, 0.1) is 11.2 Å². The third-order valence-electron chi connectivity index (χ3n) is 2.42. The van der Waals surface area contributed by atoms with Crippen LogP contribution in [0.2, 0.25) is 0 Å². The van der Waals surface area contributed by atoms with E-state index in [1.54, 1.807) is 6.07 Å². The fourth-order valence-corrected chi connectivity index (χ4v) is 2.74. The summed E-state index contributed by atoms with van der Waals surface area (Å²) in [7, 11) is 0.